The summed E-state index contributed by atoms with van der Waals surface area (Å²) in [6.07, 6.45) is 1.60. The van der Waals surface area contributed by atoms with Gasteiger partial charge in [0.15, 0.2) is 5.79 Å². The van der Waals surface area contributed by atoms with Crippen LogP contribution < -0.4 is 5.73 Å². The molecule has 4 rings (SSSR count). The number of rotatable bonds is 3. The van der Waals surface area contributed by atoms with Crippen LogP contribution in [0.2, 0.25) is 0 Å². The summed E-state index contributed by atoms with van der Waals surface area (Å²) in [5.74, 6) is -1.14. The first kappa shape index (κ1) is 15.4. The summed E-state index contributed by atoms with van der Waals surface area (Å²) in [5.41, 5.74) is 7.67. The van der Waals surface area contributed by atoms with Gasteiger partial charge in [-0.2, -0.15) is 0 Å². The summed E-state index contributed by atoms with van der Waals surface area (Å²) in [5, 5.41) is 0. The van der Waals surface area contributed by atoms with Crippen molar-refractivity contribution < 1.29 is 14.3 Å². The van der Waals surface area contributed by atoms with Gasteiger partial charge in [0, 0.05) is 18.8 Å². The molecule has 2 N–H and O–H groups in total. The van der Waals surface area contributed by atoms with Crippen LogP contribution in [0.5, 0.6) is 0 Å². The highest BCUT2D eigenvalue weighted by Crippen LogP contribution is 2.54. The van der Waals surface area contributed by atoms with E-state index in [4.69, 9.17) is 15.2 Å². The zero-order valence-electron chi connectivity index (χ0n) is 13.4. The van der Waals surface area contributed by atoms with Crippen LogP contribution >= 0.6 is 0 Å². The molecule has 1 saturated carbocycles. The van der Waals surface area contributed by atoms with Gasteiger partial charge >= 0.3 is 0 Å². The van der Waals surface area contributed by atoms with Gasteiger partial charge in [-0.25, -0.2) is 0 Å². The molecule has 4 nitrogen and oxygen atoms in total. The average molecular weight is 323 g/mol. The number of hydrogen-bond donors (Lipinski definition) is 1. The standard InChI is InChI=1S/C20H21NO3/c21-19(22)16-11-12-20(13-16)23-17(14-7-3-1-4-8-14)18(24-20)15-9-5-2-6-10-15/h1-10,16-18H,11-13H2,(H2,21,22)/t16-,17-,18-/m1/s1. The van der Waals surface area contributed by atoms with E-state index in [1.165, 1.54) is 0 Å². The molecule has 2 fully saturated rings. The van der Waals surface area contributed by atoms with Gasteiger partial charge in [0.25, 0.3) is 0 Å². The molecule has 4 heteroatoms. The summed E-state index contributed by atoms with van der Waals surface area (Å²) >= 11 is 0. The first-order chi connectivity index (χ1) is 11.7. The maximum atomic E-state index is 11.6. The first-order valence-electron chi connectivity index (χ1n) is 8.42. The van der Waals surface area contributed by atoms with E-state index in [0.29, 0.717) is 12.8 Å². The van der Waals surface area contributed by atoms with Gasteiger partial charge in [0.2, 0.25) is 5.91 Å². The van der Waals surface area contributed by atoms with Gasteiger partial charge in [0.1, 0.15) is 12.2 Å². The highest BCUT2D eigenvalue weighted by molar-refractivity contribution is 5.77. The molecule has 1 spiro atoms. The number of hydrogen-bond acceptors (Lipinski definition) is 3. The molecule has 1 amide bonds. The van der Waals surface area contributed by atoms with Crippen LogP contribution in [0.1, 0.15) is 42.6 Å². The molecular formula is C20H21NO3. The molecule has 124 valence electrons. The molecule has 2 aliphatic rings. The zero-order valence-corrected chi connectivity index (χ0v) is 13.4. The van der Waals surface area contributed by atoms with E-state index >= 15 is 0 Å². The van der Waals surface area contributed by atoms with E-state index in [1.807, 2.05) is 36.4 Å². The van der Waals surface area contributed by atoms with Crippen molar-refractivity contribution in [2.75, 3.05) is 0 Å². The Hall–Kier alpha value is -2.17. The smallest absolute Gasteiger partial charge is 0.220 e. The minimum Gasteiger partial charge on any atom is -0.369 e. The van der Waals surface area contributed by atoms with Crippen molar-refractivity contribution in [2.45, 2.75) is 37.3 Å². The maximum absolute atomic E-state index is 11.6. The van der Waals surface area contributed by atoms with Gasteiger partial charge in [-0.3, -0.25) is 4.79 Å². The molecule has 0 radical (unpaired) electrons. The van der Waals surface area contributed by atoms with Crippen LogP contribution in [-0.4, -0.2) is 11.7 Å². The second-order valence-electron chi connectivity index (χ2n) is 6.65. The first-order valence-corrected chi connectivity index (χ1v) is 8.42. The third-order valence-corrected chi connectivity index (χ3v) is 5.05. The lowest BCUT2D eigenvalue weighted by Crippen LogP contribution is -2.29. The predicted octanol–water partition coefficient (Wildman–Crippen LogP) is 3.50. The van der Waals surface area contributed by atoms with Crippen LogP contribution in [0.25, 0.3) is 0 Å². The lowest BCUT2D eigenvalue weighted by molar-refractivity contribution is -0.173. The summed E-state index contributed by atoms with van der Waals surface area (Å²) in [4.78, 5) is 11.6. The fourth-order valence-electron chi connectivity index (χ4n) is 3.82. The Labute approximate surface area is 141 Å². The van der Waals surface area contributed by atoms with Crippen molar-refractivity contribution in [1.82, 2.24) is 0 Å². The fraction of sp³-hybridized carbons (Fsp3) is 0.350. The number of benzene rings is 2. The summed E-state index contributed by atoms with van der Waals surface area (Å²) in [6.45, 7) is 0. The highest BCUT2D eigenvalue weighted by Gasteiger charge is 2.53. The molecule has 1 saturated heterocycles. The van der Waals surface area contributed by atoms with Crippen LogP contribution in [-0.2, 0) is 14.3 Å². The monoisotopic (exact) mass is 323 g/mol. The molecule has 1 heterocycles. The second kappa shape index (κ2) is 6.04. The Morgan fingerprint density at radius 2 is 1.42 bits per heavy atom. The minimum atomic E-state index is -0.708. The molecule has 0 aromatic heterocycles. The predicted molar refractivity (Wildman–Crippen MR) is 89.8 cm³/mol. The average Bonchev–Trinajstić information content (AvgIpc) is 3.21. The molecule has 24 heavy (non-hydrogen) atoms. The molecule has 3 atom stereocenters. The van der Waals surface area contributed by atoms with Crippen LogP contribution in [0, 0.1) is 5.92 Å². The van der Waals surface area contributed by atoms with E-state index < -0.39 is 5.79 Å². The van der Waals surface area contributed by atoms with Gasteiger partial charge in [-0.15, -0.1) is 0 Å². The largest absolute Gasteiger partial charge is 0.369 e. The Bertz CT molecular complexity index is 669. The third-order valence-electron chi connectivity index (χ3n) is 5.05. The van der Waals surface area contributed by atoms with Crippen LogP contribution in [0.4, 0.5) is 0 Å². The van der Waals surface area contributed by atoms with Crippen molar-refractivity contribution >= 4 is 5.91 Å². The molecule has 0 unspecified atom stereocenters. The topological polar surface area (TPSA) is 61.6 Å². The molecule has 1 aliphatic carbocycles. The van der Waals surface area contributed by atoms with Crippen LogP contribution in [0.3, 0.4) is 0 Å². The lowest BCUT2D eigenvalue weighted by atomic mass is 9.99. The maximum Gasteiger partial charge on any atom is 0.220 e. The number of ether oxygens (including phenoxy) is 2. The third kappa shape index (κ3) is 2.72. The van der Waals surface area contributed by atoms with Gasteiger partial charge in [-0.1, -0.05) is 60.7 Å². The second-order valence-corrected chi connectivity index (χ2v) is 6.65. The number of nitrogens with two attached hydrogens (primary N) is 1. The quantitative estimate of drug-likeness (QED) is 0.940. The van der Waals surface area contributed by atoms with Gasteiger partial charge in [0.05, 0.1) is 0 Å². The van der Waals surface area contributed by atoms with E-state index in [2.05, 4.69) is 24.3 Å². The normalized spacial score (nSPS) is 28.2. The number of primary amides is 1. The minimum absolute atomic E-state index is 0.170. The highest BCUT2D eigenvalue weighted by atomic mass is 16.8. The van der Waals surface area contributed by atoms with E-state index in [9.17, 15) is 4.79 Å². The molecule has 2 aromatic carbocycles. The Balaban J connectivity index is 1.67. The van der Waals surface area contributed by atoms with Crippen molar-refractivity contribution in [1.29, 1.82) is 0 Å². The van der Waals surface area contributed by atoms with Crippen LogP contribution in [0.15, 0.2) is 60.7 Å². The number of carbonyl (C=O) groups excluding carboxylic acids is 1. The summed E-state index contributed by atoms with van der Waals surface area (Å²) < 4.78 is 12.8. The van der Waals surface area contributed by atoms with Crippen molar-refractivity contribution in [3.8, 4) is 0 Å². The molecule has 1 aliphatic heterocycles. The van der Waals surface area contributed by atoms with Crippen molar-refractivity contribution in [3.05, 3.63) is 71.8 Å². The molecule has 0 bridgehead atoms. The zero-order chi connectivity index (χ0) is 16.6. The van der Waals surface area contributed by atoms with Crippen molar-refractivity contribution in [2.24, 2.45) is 11.7 Å². The van der Waals surface area contributed by atoms with E-state index in [1.54, 1.807) is 0 Å². The molecule has 2 aromatic rings. The number of carbonyl (C=O) groups is 1. The van der Waals surface area contributed by atoms with Crippen molar-refractivity contribution in [3.63, 3.8) is 0 Å². The van der Waals surface area contributed by atoms with E-state index in [-0.39, 0.29) is 24.0 Å². The fourth-order valence-corrected chi connectivity index (χ4v) is 3.82. The summed E-state index contributed by atoms with van der Waals surface area (Å²) in [6, 6.07) is 20.2. The Kier molecular flexibility index (Phi) is 3.87. The van der Waals surface area contributed by atoms with E-state index in [0.717, 1.165) is 17.5 Å². The van der Waals surface area contributed by atoms with Gasteiger partial charge < -0.3 is 15.2 Å². The van der Waals surface area contributed by atoms with Gasteiger partial charge in [-0.05, 0) is 17.5 Å². The SMILES string of the molecule is NC(=O)[C@@H]1CCC2(C1)O[C@H](c1ccccc1)[C@@H](c1ccccc1)O2. The Morgan fingerprint density at radius 1 is 0.917 bits per heavy atom. The summed E-state index contributed by atoms with van der Waals surface area (Å²) in [7, 11) is 0. The number of amides is 1. The lowest BCUT2D eigenvalue weighted by Gasteiger charge is -2.22. The Morgan fingerprint density at radius 3 is 1.83 bits per heavy atom. The molecular weight excluding hydrogens is 302 g/mol.